The van der Waals surface area contributed by atoms with Crippen LogP contribution in [0.25, 0.3) is 0 Å². The Morgan fingerprint density at radius 1 is 1.47 bits per heavy atom. The molecule has 6 nitrogen and oxygen atoms in total. The third-order valence-electron chi connectivity index (χ3n) is 3.19. The fourth-order valence-corrected chi connectivity index (χ4v) is 2.61. The molecular weight excluding hydrogens is 310 g/mol. The van der Waals surface area contributed by atoms with Gasteiger partial charge >= 0.3 is 0 Å². The molecule has 0 aliphatic carbocycles. The fraction of sp³-hybridized carbons (Fsp3) is 0.667. The normalized spacial score (nSPS) is 20.3. The highest BCUT2D eigenvalue weighted by Gasteiger charge is 2.19. The lowest BCUT2D eigenvalue weighted by Gasteiger charge is -2.32. The SMILES string of the molecule is CCN1CCOC(CNc2ncnc(NC)c2Br)C1. The van der Waals surface area contributed by atoms with E-state index in [-0.39, 0.29) is 6.10 Å². The van der Waals surface area contributed by atoms with E-state index >= 15 is 0 Å². The number of nitrogens with zero attached hydrogens (tertiary/aromatic N) is 3. The molecule has 0 spiro atoms. The molecular formula is C12H20BrN5O. The number of anilines is 2. The van der Waals surface area contributed by atoms with Crippen molar-refractivity contribution in [1.82, 2.24) is 14.9 Å². The van der Waals surface area contributed by atoms with Crippen LogP contribution >= 0.6 is 15.9 Å². The standard InChI is InChI=1S/C12H20BrN5O/c1-3-18-4-5-19-9(7-18)6-15-12-10(13)11(14-2)16-8-17-12/h8-9H,3-7H2,1-2H3,(H2,14,15,16,17). The molecule has 1 aromatic heterocycles. The van der Waals surface area contributed by atoms with Gasteiger partial charge in [0.1, 0.15) is 22.4 Å². The maximum atomic E-state index is 5.75. The second kappa shape index (κ2) is 7.02. The van der Waals surface area contributed by atoms with Crippen LogP contribution < -0.4 is 10.6 Å². The third-order valence-corrected chi connectivity index (χ3v) is 3.94. The van der Waals surface area contributed by atoms with E-state index < -0.39 is 0 Å². The fourth-order valence-electron chi connectivity index (χ4n) is 2.07. The van der Waals surface area contributed by atoms with Crippen LogP contribution in [0.5, 0.6) is 0 Å². The number of halogens is 1. The Hall–Kier alpha value is -0.920. The Bertz CT molecular complexity index is 417. The van der Waals surface area contributed by atoms with Crippen LogP contribution in [-0.4, -0.2) is 60.8 Å². The van der Waals surface area contributed by atoms with Crippen molar-refractivity contribution in [2.75, 3.05) is 50.5 Å². The first-order valence-corrected chi connectivity index (χ1v) is 7.30. The van der Waals surface area contributed by atoms with Crippen LogP contribution in [0.4, 0.5) is 11.6 Å². The molecule has 1 saturated heterocycles. The number of rotatable bonds is 5. The topological polar surface area (TPSA) is 62.3 Å². The molecule has 0 radical (unpaired) electrons. The lowest BCUT2D eigenvalue weighted by molar-refractivity contribution is -0.0192. The first kappa shape index (κ1) is 14.5. The van der Waals surface area contributed by atoms with E-state index in [2.05, 4.69) is 48.4 Å². The van der Waals surface area contributed by atoms with Crippen LogP contribution in [0, 0.1) is 0 Å². The molecule has 1 aliphatic heterocycles. The van der Waals surface area contributed by atoms with Gasteiger partial charge in [-0.05, 0) is 22.5 Å². The maximum Gasteiger partial charge on any atom is 0.146 e. The number of hydrogen-bond acceptors (Lipinski definition) is 6. The molecule has 1 aliphatic rings. The molecule has 1 fully saturated rings. The van der Waals surface area contributed by atoms with Crippen LogP contribution in [0.3, 0.4) is 0 Å². The van der Waals surface area contributed by atoms with Gasteiger partial charge in [-0.1, -0.05) is 6.92 Å². The summed E-state index contributed by atoms with van der Waals surface area (Å²) in [5, 5.41) is 6.32. The van der Waals surface area contributed by atoms with E-state index in [4.69, 9.17) is 4.74 Å². The predicted molar refractivity (Wildman–Crippen MR) is 79.6 cm³/mol. The lowest BCUT2D eigenvalue weighted by Crippen LogP contribution is -2.45. The molecule has 0 saturated carbocycles. The van der Waals surface area contributed by atoms with E-state index in [0.29, 0.717) is 0 Å². The number of ether oxygens (including phenoxy) is 1. The Labute approximate surface area is 122 Å². The zero-order valence-corrected chi connectivity index (χ0v) is 12.9. The molecule has 1 aromatic rings. The average Bonchev–Trinajstić information content (AvgIpc) is 2.46. The molecule has 2 N–H and O–H groups in total. The third kappa shape index (κ3) is 3.77. The second-order valence-electron chi connectivity index (χ2n) is 4.40. The predicted octanol–water partition coefficient (Wildman–Crippen LogP) is 1.41. The molecule has 106 valence electrons. The van der Waals surface area contributed by atoms with E-state index in [1.54, 1.807) is 6.33 Å². The Balaban J connectivity index is 1.91. The average molecular weight is 330 g/mol. The summed E-state index contributed by atoms with van der Waals surface area (Å²) in [5.74, 6) is 1.56. The van der Waals surface area contributed by atoms with Gasteiger partial charge in [0.05, 0.1) is 12.7 Å². The summed E-state index contributed by atoms with van der Waals surface area (Å²) < 4.78 is 6.60. The van der Waals surface area contributed by atoms with E-state index in [1.807, 2.05) is 7.05 Å². The smallest absolute Gasteiger partial charge is 0.146 e. The monoisotopic (exact) mass is 329 g/mol. The second-order valence-corrected chi connectivity index (χ2v) is 5.19. The van der Waals surface area contributed by atoms with Crippen molar-refractivity contribution in [3.8, 4) is 0 Å². The molecule has 19 heavy (non-hydrogen) atoms. The number of morpholine rings is 1. The summed E-state index contributed by atoms with van der Waals surface area (Å²) in [6.45, 7) is 6.78. The van der Waals surface area contributed by atoms with Crippen molar-refractivity contribution in [1.29, 1.82) is 0 Å². The van der Waals surface area contributed by atoms with Crippen LogP contribution in [0.15, 0.2) is 10.8 Å². The summed E-state index contributed by atoms with van der Waals surface area (Å²) >= 11 is 3.49. The zero-order valence-electron chi connectivity index (χ0n) is 11.3. The number of aromatic nitrogens is 2. The van der Waals surface area contributed by atoms with Gasteiger partial charge in [0.15, 0.2) is 0 Å². The van der Waals surface area contributed by atoms with Gasteiger partial charge in [0.2, 0.25) is 0 Å². The van der Waals surface area contributed by atoms with Crippen molar-refractivity contribution in [2.24, 2.45) is 0 Å². The van der Waals surface area contributed by atoms with Crippen molar-refractivity contribution >= 4 is 27.6 Å². The Morgan fingerprint density at radius 3 is 3.00 bits per heavy atom. The number of nitrogens with one attached hydrogen (secondary N) is 2. The van der Waals surface area contributed by atoms with Crippen molar-refractivity contribution in [2.45, 2.75) is 13.0 Å². The molecule has 2 rings (SSSR count). The van der Waals surface area contributed by atoms with Crippen LogP contribution in [-0.2, 0) is 4.74 Å². The van der Waals surface area contributed by atoms with E-state index in [0.717, 1.165) is 48.9 Å². The molecule has 0 aromatic carbocycles. The van der Waals surface area contributed by atoms with E-state index in [1.165, 1.54) is 0 Å². The summed E-state index contributed by atoms with van der Waals surface area (Å²) in [4.78, 5) is 10.8. The summed E-state index contributed by atoms with van der Waals surface area (Å²) in [6, 6.07) is 0. The Kier molecular flexibility index (Phi) is 5.35. The van der Waals surface area contributed by atoms with E-state index in [9.17, 15) is 0 Å². The van der Waals surface area contributed by atoms with Crippen molar-refractivity contribution < 1.29 is 4.74 Å². The minimum Gasteiger partial charge on any atom is -0.374 e. The zero-order chi connectivity index (χ0) is 13.7. The number of likely N-dealkylation sites (N-methyl/N-ethyl adjacent to an activating group) is 1. The van der Waals surface area contributed by atoms with Gasteiger partial charge in [0, 0.05) is 26.7 Å². The highest BCUT2D eigenvalue weighted by Crippen LogP contribution is 2.26. The summed E-state index contributed by atoms with van der Waals surface area (Å²) in [5.41, 5.74) is 0. The highest BCUT2D eigenvalue weighted by molar-refractivity contribution is 9.10. The minimum atomic E-state index is 0.202. The largest absolute Gasteiger partial charge is 0.374 e. The van der Waals surface area contributed by atoms with Crippen LogP contribution in [0.2, 0.25) is 0 Å². The first-order chi connectivity index (χ1) is 9.24. The molecule has 2 heterocycles. The van der Waals surface area contributed by atoms with Gasteiger partial charge in [-0.2, -0.15) is 0 Å². The molecule has 0 amide bonds. The Morgan fingerprint density at radius 2 is 2.26 bits per heavy atom. The minimum absolute atomic E-state index is 0.202. The maximum absolute atomic E-state index is 5.75. The van der Waals surface area contributed by atoms with Gasteiger partial charge in [0.25, 0.3) is 0 Å². The molecule has 1 atom stereocenters. The quantitative estimate of drug-likeness (QED) is 0.851. The number of hydrogen-bond donors (Lipinski definition) is 2. The van der Waals surface area contributed by atoms with Gasteiger partial charge in [-0.15, -0.1) is 0 Å². The van der Waals surface area contributed by atoms with Crippen LogP contribution in [0.1, 0.15) is 6.92 Å². The molecule has 7 heteroatoms. The first-order valence-electron chi connectivity index (χ1n) is 6.50. The van der Waals surface area contributed by atoms with Gasteiger partial charge < -0.3 is 15.4 Å². The van der Waals surface area contributed by atoms with Gasteiger partial charge in [-0.25, -0.2) is 9.97 Å². The highest BCUT2D eigenvalue weighted by atomic mass is 79.9. The summed E-state index contributed by atoms with van der Waals surface area (Å²) in [6.07, 6.45) is 1.74. The van der Waals surface area contributed by atoms with Crippen molar-refractivity contribution in [3.63, 3.8) is 0 Å². The van der Waals surface area contributed by atoms with Crippen molar-refractivity contribution in [3.05, 3.63) is 10.8 Å². The lowest BCUT2D eigenvalue weighted by atomic mass is 10.2. The molecule has 0 bridgehead atoms. The summed E-state index contributed by atoms with van der Waals surface area (Å²) in [7, 11) is 1.83. The van der Waals surface area contributed by atoms with Gasteiger partial charge in [-0.3, -0.25) is 4.90 Å². The molecule has 1 unspecified atom stereocenters.